The smallest absolute Gasteiger partial charge is 0.445 e. The first kappa shape index (κ1) is 10.9. The third kappa shape index (κ3) is 3.28. The van der Waals surface area contributed by atoms with Gasteiger partial charge in [-0.2, -0.15) is 0 Å². The Hall–Kier alpha value is -1.19. The minimum Gasteiger partial charge on any atom is -0.445 e. The number of hydrogen-bond donors (Lipinski definition) is 0. The molecule has 0 radical (unpaired) electrons. The third-order valence-corrected chi connectivity index (χ3v) is 1.92. The van der Waals surface area contributed by atoms with Crippen LogP contribution in [0.2, 0.25) is 0 Å². The number of aryl methyl sites for hydroxylation is 2. The van der Waals surface area contributed by atoms with E-state index in [1.54, 1.807) is 19.1 Å². The number of rotatable bonds is 2. The molecule has 1 rings (SSSR count). The monoisotopic (exact) mass is 199 g/mol. The molecule has 4 heteroatoms. The molecule has 0 N–H and O–H groups in total. The van der Waals surface area contributed by atoms with Gasteiger partial charge in [0.25, 0.3) is 0 Å². The second-order valence-electron chi connectivity index (χ2n) is 3.34. The van der Waals surface area contributed by atoms with E-state index in [2.05, 4.69) is 0 Å². The molecule has 0 saturated carbocycles. The molecule has 76 valence electrons. The van der Waals surface area contributed by atoms with Crippen molar-refractivity contribution in [2.45, 2.75) is 13.8 Å². The Balaban J connectivity index is 2.93. The van der Waals surface area contributed by atoms with Gasteiger partial charge in [-0.3, -0.25) is 0 Å². The fraction of sp³-hybridized carbons (Fsp3) is 0.200. The molecule has 0 aliphatic rings. The van der Waals surface area contributed by atoms with Crippen molar-refractivity contribution in [3.63, 3.8) is 0 Å². The van der Waals surface area contributed by atoms with E-state index in [4.69, 9.17) is 0 Å². The summed E-state index contributed by atoms with van der Waals surface area (Å²) in [7, 11) is 0. The average molecular weight is 199 g/mol. The molecular weight excluding hydrogens is 188 g/mol. The summed E-state index contributed by atoms with van der Waals surface area (Å²) in [6.45, 7) is -1.12. The van der Waals surface area contributed by atoms with E-state index < -0.39 is 6.98 Å². The molecule has 0 aliphatic heterocycles. The Morgan fingerprint density at radius 3 is 2.29 bits per heavy atom. The van der Waals surface area contributed by atoms with Crippen molar-refractivity contribution in [1.82, 2.24) is 0 Å². The minimum absolute atomic E-state index is 0.317. The summed E-state index contributed by atoms with van der Waals surface area (Å²) < 4.78 is 35.8. The van der Waals surface area contributed by atoms with Crippen LogP contribution in [0.25, 0.3) is 6.08 Å². The summed E-state index contributed by atoms with van der Waals surface area (Å²) >= 11 is 0. The Bertz CT molecular complexity index is 353. The van der Waals surface area contributed by atoms with Gasteiger partial charge in [0, 0.05) is 0 Å². The SMILES string of the molecule is Cc1ccc(/C=C/[B-](F)(F)F)c(C)c1. The summed E-state index contributed by atoms with van der Waals surface area (Å²) in [4.78, 5) is 0. The summed E-state index contributed by atoms with van der Waals surface area (Å²) in [6.07, 6.45) is 1.12. The van der Waals surface area contributed by atoms with Crippen LogP contribution in [-0.4, -0.2) is 6.98 Å². The Labute approximate surface area is 81.5 Å². The first-order valence-electron chi connectivity index (χ1n) is 4.35. The number of hydrogen-bond acceptors (Lipinski definition) is 0. The maximum atomic E-state index is 11.9. The molecular formula is C10H11BF3-. The Morgan fingerprint density at radius 1 is 1.14 bits per heavy atom. The molecule has 0 aromatic heterocycles. The van der Waals surface area contributed by atoms with E-state index in [1.807, 2.05) is 13.0 Å². The highest BCUT2D eigenvalue weighted by Gasteiger charge is 2.17. The first-order chi connectivity index (χ1) is 6.38. The van der Waals surface area contributed by atoms with E-state index in [-0.39, 0.29) is 0 Å². The molecule has 0 nitrogen and oxygen atoms in total. The second-order valence-corrected chi connectivity index (χ2v) is 3.34. The second kappa shape index (κ2) is 3.90. The normalized spacial score (nSPS) is 12.4. The van der Waals surface area contributed by atoms with Crippen molar-refractivity contribution >= 4 is 13.1 Å². The maximum Gasteiger partial charge on any atom is 0.502 e. The predicted molar refractivity (Wildman–Crippen MR) is 54.0 cm³/mol. The zero-order chi connectivity index (χ0) is 10.8. The number of benzene rings is 1. The van der Waals surface area contributed by atoms with E-state index in [1.165, 1.54) is 0 Å². The molecule has 0 unspecified atom stereocenters. The fourth-order valence-corrected chi connectivity index (χ4v) is 1.23. The van der Waals surface area contributed by atoms with Crippen LogP contribution in [0, 0.1) is 13.8 Å². The highest BCUT2D eigenvalue weighted by atomic mass is 19.4. The standard InChI is InChI=1S/C10H11BF3/c1-8-3-4-10(9(2)7-8)5-6-11(12,13)14/h3-7H,1-2H3/q-1/b6-5+. The van der Waals surface area contributed by atoms with Gasteiger partial charge in [-0.25, -0.2) is 0 Å². The van der Waals surface area contributed by atoms with E-state index in [9.17, 15) is 12.9 Å². The topological polar surface area (TPSA) is 0 Å². The number of halogens is 3. The lowest BCUT2D eigenvalue weighted by Crippen LogP contribution is -2.09. The molecule has 0 fully saturated rings. The van der Waals surface area contributed by atoms with Gasteiger partial charge in [-0.05, 0) is 25.0 Å². The minimum atomic E-state index is -4.83. The summed E-state index contributed by atoms with van der Waals surface area (Å²) in [6, 6.07) is 5.36. The highest BCUT2D eigenvalue weighted by molar-refractivity contribution is 6.64. The quantitative estimate of drug-likeness (QED) is 0.637. The van der Waals surface area contributed by atoms with Gasteiger partial charge < -0.3 is 12.9 Å². The van der Waals surface area contributed by atoms with Gasteiger partial charge in [0.15, 0.2) is 0 Å². The molecule has 0 amide bonds. The zero-order valence-electron chi connectivity index (χ0n) is 8.10. The lowest BCUT2D eigenvalue weighted by atomic mass is 9.90. The fourth-order valence-electron chi connectivity index (χ4n) is 1.23. The Kier molecular flexibility index (Phi) is 3.04. The molecule has 0 bridgehead atoms. The van der Waals surface area contributed by atoms with Crippen molar-refractivity contribution in [3.8, 4) is 0 Å². The van der Waals surface area contributed by atoms with Crippen molar-refractivity contribution in [3.05, 3.63) is 40.9 Å². The lowest BCUT2D eigenvalue weighted by Gasteiger charge is -2.07. The maximum absolute atomic E-state index is 11.9. The van der Waals surface area contributed by atoms with E-state index >= 15 is 0 Å². The summed E-state index contributed by atoms with van der Waals surface area (Å²) in [5, 5.41) is 0. The van der Waals surface area contributed by atoms with Crippen molar-refractivity contribution < 1.29 is 12.9 Å². The van der Waals surface area contributed by atoms with Crippen LogP contribution in [0.4, 0.5) is 12.9 Å². The van der Waals surface area contributed by atoms with Crippen LogP contribution in [0.15, 0.2) is 24.2 Å². The molecule has 0 aliphatic carbocycles. The van der Waals surface area contributed by atoms with Crippen LogP contribution in [-0.2, 0) is 0 Å². The van der Waals surface area contributed by atoms with E-state index in [0.717, 1.165) is 17.2 Å². The van der Waals surface area contributed by atoms with Crippen molar-refractivity contribution in [2.24, 2.45) is 0 Å². The van der Waals surface area contributed by atoms with Crippen molar-refractivity contribution in [1.29, 1.82) is 0 Å². The highest BCUT2D eigenvalue weighted by Crippen LogP contribution is 2.16. The van der Waals surface area contributed by atoms with Crippen LogP contribution in [0.3, 0.4) is 0 Å². The van der Waals surface area contributed by atoms with Gasteiger partial charge in [-0.1, -0.05) is 29.8 Å². The van der Waals surface area contributed by atoms with Gasteiger partial charge in [0.1, 0.15) is 0 Å². The lowest BCUT2D eigenvalue weighted by molar-refractivity contribution is 0.499. The average Bonchev–Trinajstić information content (AvgIpc) is 2.00. The zero-order valence-corrected chi connectivity index (χ0v) is 8.10. The van der Waals surface area contributed by atoms with Gasteiger partial charge in [0.05, 0.1) is 0 Å². The molecule has 0 atom stereocenters. The molecule has 14 heavy (non-hydrogen) atoms. The van der Waals surface area contributed by atoms with Gasteiger partial charge in [-0.15, -0.1) is 5.98 Å². The molecule has 1 aromatic rings. The van der Waals surface area contributed by atoms with Crippen LogP contribution < -0.4 is 0 Å². The van der Waals surface area contributed by atoms with E-state index in [0.29, 0.717) is 11.5 Å². The Morgan fingerprint density at radius 2 is 1.79 bits per heavy atom. The third-order valence-electron chi connectivity index (χ3n) is 1.92. The van der Waals surface area contributed by atoms with Gasteiger partial charge in [0.2, 0.25) is 0 Å². The first-order valence-corrected chi connectivity index (χ1v) is 4.35. The summed E-state index contributed by atoms with van der Waals surface area (Å²) in [5.74, 6) is 0.317. The summed E-state index contributed by atoms with van der Waals surface area (Å²) in [5.41, 5.74) is 2.54. The van der Waals surface area contributed by atoms with Crippen LogP contribution in [0.1, 0.15) is 16.7 Å². The molecule has 0 saturated heterocycles. The predicted octanol–water partition coefficient (Wildman–Crippen LogP) is 3.70. The van der Waals surface area contributed by atoms with Gasteiger partial charge >= 0.3 is 6.98 Å². The van der Waals surface area contributed by atoms with Crippen LogP contribution in [0.5, 0.6) is 0 Å². The van der Waals surface area contributed by atoms with Crippen LogP contribution >= 0.6 is 0 Å². The van der Waals surface area contributed by atoms with Crippen molar-refractivity contribution in [2.75, 3.05) is 0 Å². The molecule has 0 heterocycles. The largest absolute Gasteiger partial charge is 0.502 e. The molecule has 0 spiro atoms. The molecule has 1 aromatic carbocycles.